The van der Waals surface area contributed by atoms with Gasteiger partial charge < -0.3 is 0 Å². The van der Waals surface area contributed by atoms with Crippen LogP contribution >= 0.6 is 11.6 Å². The SMILES string of the molecule is CN1Cc2ccccc2C1c1cccc(Cl)c1. The van der Waals surface area contributed by atoms with E-state index in [1.807, 2.05) is 12.1 Å². The Balaban J connectivity index is 2.09. The van der Waals surface area contributed by atoms with Gasteiger partial charge in [0.1, 0.15) is 0 Å². The average molecular weight is 244 g/mol. The van der Waals surface area contributed by atoms with Crippen LogP contribution in [-0.4, -0.2) is 11.9 Å². The van der Waals surface area contributed by atoms with Gasteiger partial charge in [-0.15, -0.1) is 0 Å². The van der Waals surface area contributed by atoms with Crippen LogP contribution in [0.25, 0.3) is 0 Å². The molecular weight excluding hydrogens is 230 g/mol. The predicted molar refractivity (Wildman–Crippen MR) is 71.2 cm³/mol. The number of hydrogen-bond donors (Lipinski definition) is 0. The highest BCUT2D eigenvalue weighted by molar-refractivity contribution is 6.30. The smallest absolute Gasteiger partial charge is 0.0605 e. The Morgan fingerprint density at radius 2 is 1.94 bits per heavy atom. The maximum atomic E-state index is 6.08. The molecular formula is C15H14ClN. The van der Waals surface area contributed by atoms with Crippen molar-refractivity contribution >= 4 is 11.6 Å². The Morgan fingerprint density at radius 3 is 2.76 bits per heavy atom. The zero-order valence-electron chi connectivity index (χ0n) is 9.73. The number of halogens is 1. The van der Waals surface area contributed by atoms with E-state index in [1.165, 1.54) is 16.7 Å². The molecule has 2 aromatic rings. The molecule has 2 aromatic carbocycles. The van der Waals surface area contributed by atoms with Gasteiger partial charge in [-0.3, -0.25) is 4.90 Å². The summed E-state index contributed by atoms with van der Waals surface area (Å²) >= 11 is 6.08. The van der Waals surface area contributed by atoms with Gasteiger partial charge in [0.25, 0.3) is 0 Å². The van der Waals surface area contributed by atoms with E-state index >= 15 is 0 Å². The third kappa shape index (κ3) is 1.86. The molecule has 0 aliphatic carbocycles. The van der Waals surface area contributed by atoms with Crippen molar-refractivity contribution < 1.29 is 0 Å². The highest BCUT2D eigenvalue weighted by Crippen LogP contribution is 2.37. The maximum Gasteiger partial charge on any atom is 0.0605 e. The fourth-order valence-corrected chi connectivity index (χ4v) is 2.85. The van der Waals surface area contributed by atoms with Crippen molar-refractivity contribution in [3.8, 4) is 0 Å². The molecule has 0 bridgehead atoms. The van der Waals surface area contributed by atoms with Crippen molar-refractivity contribution in [2.45, 2.75) is 12.6 Å². The van der Waals surface area contributed by atoms with Crippen LogP contribution in [0.5, 0.6) is 0 Å². The topological polar surface area (TPSA) is 3.24 Å². The van der Waals surface area contributed by atoms with Crippen LogP contribution in [0.4, 0.5) is 0 Å². The van der Waals surface area contributed by atoms with Gasteiger partial charge in [-0.1, -0.05) is 48.0 Å². The minimum absolute atomic E-state index is 0.338. The van der Waals surface area contributed by atoms with E-state index < -0.39 is 0 Å². The van der Waals surface area contributed by atoms with Crippen molar-refractivity contribution in [1.29, 1.82) is 0 Å². The van der Waals surface area contributed by atoms with Gasteiger partial charge in [0, 0.05) is 11.6 Å². The molecule has 0 N–H and O–H groups in total. The summed E-state index contributed by atoms with van der Waals surface area (Å²) in [6, 6.07) is 17.1. The summed E-state index contributed by atoms with van der Waals surface area (Å²) in [5, 5.41) is 0.806. The van der Waals surface area contributed by atoms with Crippen LogP contribution in [0.1, 0.15) is 22.7 Å². The summed E-state index contributed by atoms with van der Waals surface area (Å²) in [6.07, 6.45) is 0. The molecule has 86 valence electrons. The number of hydrogen-bond acceptors (Lipinski definition) is 1. The van der Waals surface area contributed by atoms with Crippen molar-refractivity contribution in [2.24, 2.45) is 0 Å². The molecule has 1 atom stereocenters. The summed E-state index contributed by atoms with van der Waals surface area (Å²) in [5.74, 6) is 0. The molecule has 1 aliphatic heterocycles. The Hall–Kier alpha value is -1.31. The van der Waals surface area contributed by atoms with Crippen LogP contribution in [0.15, 0.2) is 48.5 Å². The Bertz CT molecular complexity index is 550. The highest BCUT2D eigenvalue weighted by Gasteiger charge is 2.28. The predicted octanol–water partition coefficient (Wildman–Crippen LogP) is 3.87. The number of fused-ring (bicyclic) bond motifs is 1. The largest absolute Gasteiger partial charge is 0.291 e. The Morgan fingerprint density at radius 1 is 1.12 bits per heavy atom. The molecule has 1 unspecified atom stereocenters. The van der Waals surface area contributed by atoms with E-state index in [9.17, 15) is 0 Å². The summed E-state index contributed by atoms with van der Waals surface area (Å²) in [4.78, 5) is 2.36. The standard InChI is InChI=1S/C15H14ClN/c1-17-10-12-5-2-3-8-14(12)15(17)11-6-4-7-13(16)9-11/h2-9,15H,10H2,1H3. The first-order chi connectivity index (χ1) is 8.25. The van der Waals surface area contributed by atoms with E-state index in [4.69, 9.17) is 11.6 Å². The van der Waals surface area contributed by atoms with E-state index in [0.29, 0.717) is 6.04 Å². The maximum absolute atomic E-state index is 6.08. The molecule has 1 aliphatic rings. The zero-order valence-corrected chi connectivity index (χ0v) is 10.5. The Kier molecular flexibility index (Phi) is 2.65. The molecule has 0 aromatic heterocycles. The lowest BCUT2D eigenvalue weighted by Gasteiger charge is -2.21. The van der Waals surface area contributed by atoms with Gasteiger partial charge in [0.2, 0.25) is 0 Å². The molecule has 0 fully saturated rings. The highest BCUT2D eigenvalue weighted by atomic mass is 35.5. The molecule has 0 saturated heterocycles. The van der Waals surface area contributed by atoms with Crippen molar-refractivity contribution in [3.63, 3.8) is 0 Å². The zero-order chi connectivity index (χ0) is 11.8. The Labute approximate surface area is 107 Å². The van der Waals surface area contributed by atoms with Crippen molar-refractivity contribution in [3.05, 3.63) is 70.2 Å². The van der Waals surface area contributed by atoms with Gasteiger partial charge in [0.05, 0.1) is 6.04 Å². The lowest BCUT2D eigenvalue weighted by molar-refractivity contribution is 0.304. The molecule has 0 spiro atoms. The van der Waals surface area contributed by atoms with Gasteiger partial charge in [-0.25, -0.2) is 0 Å². The van der Waals surface area contributed by atoms with E-state index in [0.717, 1.165) is 11.6 Å². The third-order valence-corrected chi connectivity index (χ3v) is 3.61. The summed E-state index contributed by atoms with van der Waals surface area (Å²) < 4.78 is 0. The summed E-state index contributed by atoms with van der Waals surface area (Å²) in [7, 11) is 2.16. The molecule has 0 radical (unpaired) electrons. The second-order valence-electron chi connectivity index (χ2n) is 4.57. The molecule has 1 nitrogen and oxygen atoms in total. The normalized spacial score (nSPS) is 19.3. The fourth-order valence-electron chi connectivity index (χ4n) is 2.65. The fraction of sp³-hybridized carbons (Fsp3) is 0.200. The van der Waals surface area contributed by atoms with Gasteiger partial charge >= 0.3 is 0 Å². The monoisotopic (exact) mass is 243 g/mol. The van der Waals surface area contributed by atoms with E-state index in [1.54, 1.807) is 0 Å². The summed E-state index contributed by atoms with van der Waals surface area (Å²) in [6.45, 7) is 1.01. The average Bonchev–Trinajstić information content (AvgIpc) is 2.64. The second kappa shape index (κ2) is 4.17. The third-order valence-electron chi connectivity index (χ3n) is 3.37. The molecule has 1 heterocycles. The van der Waals surface area contributed by atoms with Crippen molar-refractivity contribution in [2.75, 3.05) is 7.05 Å². The number of rotatable bonds is 1. The first-order valence-electron chi connectivity index (χ1n) is 5.79. The van der Waals surface area contributed by atoms with Gasteiger partial charge in [-0.05, 0) is 35.9 Å². The molecule has 0 saturated carbocycles. The van der Waals surface area contributed by atoms with Crippen LogP contribution in [-0.2, 0) is 6.54 Å². The quantitative estimate of drug-likeness (QED) is 0.735. The number of benzene rings is 2. The van der Waals surface area contributed by atoms with E-state index in [-0.39, 0.29) is 0 Å². The number of nitrogens with zero attached hydrogens (tertiary/aromatic N) is 1. The lowest BCUT2D eigenvalue weighted by atomic mass is 9.98. The van der Waals surface area contributed by atoms with Gasteiger partial charge in [0.15, 0.2) is 0 Å². The minimum Gasteiger partial charge on any atom is -0.291 e. The van der Waals surface area contributed by atoms with Crippen LogP contribution < -0.4 is 0 Å². The first-order valence-corrected chi connectivity index (χ1v) is 6.17. The lowest BCUT2D eigenvalue weighted by Crippen LogP contribution is -2.17. The molecule has 3 rings (SSSR count). The molecule has 2 heteroatoms. The van der Waals surface area contributed by atoms with Gasteiger partial charge in [-0.2, -0.15) is 0 Å². The second-order valence-corrected chi connectivity index (χ2v) is 5.01. The minimum atomic E-state index is 0.338. The molecule has 0 amide bonds. The van der Waals surface area contributed by atoms with Crippen LogP contribution in [0.3, 0.4) is 0 Å². The summed E-state index contributed by atoms with van der Waals surface area (Å²) in [5.41, 5.74) is 4.09. The van der Waals surface area contributed by atoms with E-state index in [2.05, 4.69) is 48.3 Å². The van der Waals surface area contributed by atoms with Crippen LogP contribution in [0.2, 0.25) is 5.02 Å². The van der Waals surface area contributed by atoms with Crippen LogP contribution in [0, 0.1) is 0 Å². The first kappa shape index (κ1) is 10.8. The molecule has 17 heavy (non-hydrogen) atoms. The van der Waals surface area contributed by atoms with Crippen molar-refractivity contribution in [1.82, 2.24) is 4.90 Å².